The van der Waals surface area contributed by atoms with E-state index in [1.54, 1.807) is 0 Å². The Morgan fingerprint density at radius 2 is 1.84 bits per heavy atom. The minimum absolute atomic E-state index is 0.783. The Balaban J connectivity index is 1.72. The van der Waals surface area contributed by atoms with E-state index in [1.165, 1.54) is 64.7 Å². The standard InChI is InChI=1S/C16H33N3/c1-4-5-16(12-17-15-6-7-15)19-10-8-14(9-11-19)13-18(2)3/h14-17H,4-13H2,1-3H3. The van der Waals surface area contributed by atoms with E-state index in [0.29, 0.717) is 0 Å². The maximum atomic E-state index is 3.73. The second-order valence-corrected chi connectivity index (χ2v) is 6.87. The number of likely N-dealkylation sites (tertiary alicyclic amines) is 1. The summed E-state index contributed by atoms with van der Waals surface area (Å²) < 4.78 is 0. The van der Waals surface area contributed by atoms with Crippen molar-refractivity contribution < 1.29 is 0 Å². The van der Waals surface area contributed by atoms with Crippen molar-refractivity contribution in [1.29, 1.82) is 0 Å². The van der Waals surface area contributed by atoms with Gasteiger partial charge in [0.1, 0.15) is 0 Å². The van der Waals surface area contributed by atoms with E-state index in [0.717, 1.165) is 18.0 Å². The van der Waals surface area contributed by atoms with E-state index in [9.17, 15) is 0 Å². The highest BCUT2D eigenvalue weighted by Gasteiger charge is 2.27. The lowest BCUT2D eigenvalue weighted by Crippen LogP contribution is -2.47. The first-order chi connectivity index (χ1) is 9.19. The van der Waals surface area contributed by atoms with Gasteiger partial charge in [0.2, 0.25) is 0 Å². The minimum Gasteiger partial charge on any atom is -0.312 e. The predicted octanol–water partition coefficient (Wildman–Crippen LogP) is 2.18. The van der Waals surface area contributed by atoms with Crippen LogP contribution in [0, 0.1) is 5.92 Å². The van der Waals surface area contributed by atoms with Crippen molar-refractivity contribution in [2.75, 3.05) is 40.3 Å². The molecule has 2 rings (SSSR count). The zero-order chi connectivity index (χ0) is 13.7. The zero-order valence-electron chi connectivity index (χ0n) is 13.2. The molecule has 0 aromatic heterocycles. The fourth-order valence-corrected chi connectivity index (χ4v) is 3.35. The van der Waals surface area contributed by atoms with Gasteiger partial charge in [0.05, 0.1) is 0 Å². The summed E-state index contributed by atoms with van der Waals surface area (Å²) in [6.45, 7) is 7.44. The molecule has 1 aliphatic heterocycles. The summed E-state index contributed by atoms with van der Waals surface area (Å²) in [6, 6.07) is 1.64. The molecule has 1 aliphatic carbocycles. The molecule has 1 N–H and O–H groups in total. The minimum atomic E-state index is 0.783. The van der Waals surface area contributed by atoms with Crippen LogP contribution in [0.25, 0.3) is 0 Å². The molecule has 0 bridgehead atoms. The lowest BCUT2D eigenvalue weighted by atomic mass is 9.94. The van der Waals surface area contributed by atoms with Crippen molar-refractivity contribution >= 4 is 0 Å². The highest BCUT2D eigenvalue weighted by atomic mass is 15.2. The lowest BCUT2D eigenvalue weighted by molar-refractivity contribution is 0.112. The van der Waals surface area contributed by atoms with Gasteiger partial charge in [-0.15, -0.1) is 0 Å². The monoisotopic (exact) mass is 267 g/mol. The van der Waals surface area contributed by atoms with Crippen molar-refractivity contribution in [3.63, 3.8) is 0 Å². The van der Waals surface area contributed by atoms with Crippen LogP contribution < -0.4 is 5.32 Å². The van der Waals surface area contributed by atoms with Crippen molar-refractivity contribution in [2.24, 2.45) is 5.92 Å². The number of hydrogen-bond acceptors (Lipinski definition) is 3. The topological polar surface area (TPSA) is 18.5 Å². The van der Waals surface area contributed by atoms with Gasteiger partial charge in [-0.1, -0.05) is 13.3 Å². The van der Waals surface area contributed by atoms with E-state index in [-0.39, 0.29) is 0 Å². The first-order valence-electron chi connectivity index (χ1n) is 8.31. The molecule has 0 radical (unpaired) electrons. The molecule has 1 atom stereocenters. The summed E-state index contributed by atoms with van der Waals surface area (Å²) in [5.41, 5.74) is 0. The molecule has 1 heterocycles. The van der Waals surface area contributed by atoms with Crippen LogP contribution in [0.15, 0.2) is 0 Å². The second kappa shape index (κ2) is 7.61. The van der Waals surface area contributed by atoms with Crippen LogP contribution in [0.3, 0.4) is 0 Å². The second-order valence-electron chi connectivity index (χ2n) is 6.87. The highest BCUT2D eigenvalue weighted by molar-refractivity contribution is 4.86. The van der Waals surface area contributed by atoms with Gasteiger partial charge in [0.25, 0.3) is 0 Å². The molecule has 1 unspecified atom stereocenters. The number of hydrogen-bond donors (Lipinski definition) is 1. The normalized spacial score (nSPS) is 24.0. The largest absolute Gasteiger partial charge is 0.312 e. The van der Waals surface area contributed by atoms with Gasteiger partial charge >= 0.3 is 0 Å². The Labute approximate surface area is 119 Å². The number of piperidine rings is 1. The number of rotatable bonds is 8. The first kappa shape index (κ1) is 15.3. The summed E-state index contributed by atoms with van der Waals surface area (Å²) in [4.78, 5) is 5.10. The predicted molar refractivity (Wildman–Crippen MR) is 82.6 cm³/mol. The van der Waals surface area contributed by atoms with Crippen LogP contribution in [-0.4, -0.2) is 62.2 Å². The maximum Gasteiger partial charge on any atom is 0.0220 e. The van der Waals surface area contributed by atoms with Gasteiger partial charge in [-0.25, -0.2) is 0 Å². The van der Waals surface area contributed by atoms with Crippen molar-refractivity contribution in [3.8, 4) is 0 Å². The Hall–Kier alpha value is -0.120. The third kappa shape index (κ3) is 5.41. The van der Waals surface area contributed by atoms with E-state index >= 15 is 0 Å². The summed E-state index contributed by atoms with van der Waals surface area (Å²) in [6.07, 6.45) is 8.27. The molecule has 0 amide bonds. The molecular formula is C16H33N3. The third-order valence-electron chi connectivity index (χ3n) is 4.63. The van der Waals surface area contributed by atoms with Crippen LogP contribution in [0.2, 0.25) is 0 Å². The smallest absolute Gasteiger partial charge is 0.0220 e. The molecule has 112 valence electrons. The van der Waals surface area contributed by atoms with E-state index in [2.05, 4.69) is 36.1 Å². The molecular weight excluding hydrogens is 234 g/mol. The van der Waals surface area contributed by atoms with Crippen LogP contribution in [-0.2, 0) is 0 Å². The van der Waals surface area contributed by atoms with Gasteiger partial charge in [0, 0.05) is 25.2 Å². The maximum absolute atomic E-state index is 3.73. The lowest BCUT2D eigenvalue weighted by Gasteiger charge is -2.38. The van der Waals surface area contributed by atoms with Crippen LogP contribution in [0.5, 0.6) is 0 Å². The van der Waals surface area contributed by atoms with E-state index < -0.39 is 0 Å². The molecule has 19 heavy (non-hydrogen) atoms. The van der Waals surface area contributed by atoms with Crippen LogP contribution in [0.4, 0.5) is 0 Å². The summed E-state index contributed by atoms with van der Waals surface area (Å²) in [5, 5.41) is 3.73. The zero-order valence-corrected chi connectivity index (χ0v) is 13.2. The Morgan fingerprint density at radius 3 is 2.37 bits per heavy atom. The summed E-state index contributed by atoms with van der Waals surface area (Å²) in [7, 11) is 4.40. The fraction of sp³-hybridized carbons (Fsp3) is 1.00. The summed E-state index contributed by atoms with van der Waals surface area (Å²) >= 11 is 0. The molecule has 0 spiro atoms. The highest BCUT2D eigenvalue weighted by Crippen LogP contribution is 2.23. The average molecular weight is 267 g/mol. The van der Waals surface area contributed by atoms with Gasteiger partial charge in [-0.05, 0) is 65.2 Å². The van der Waals surface area contributed by atoms with Crippen molar-refractivity contribution in [3.05, 3.63) is 0 Å². The van der Waals surface area contributed by atoms with Gasteiger partial charge in [-0.3, -0.25) is 4.90 Å². The van der Waals surface area contributed by atoms with Gasteiger partial charge < -0.3 is 10.2 Å². The quantitative estimate of drug-likeness (QED) is 0.727. The number of nitrogens with zero attached hydrogens (tertiary/aromatic N) is 2. The Kier molecular flexibility index (Phi) is 6.11. The van der Waals surface area contributed by atoms with Crippen molar-refractivity contribution in [1.82, 2.24) is 15.1 Å². The SMILES string of the molecule is CCCC(CNC1CC1)N1CCC(CN(C)C)CC1. The molecule has 1 saturated carbocycles. The van der Waals surface area contributed by atoms with Gasteiger partial charge in [0.15, 0.2) is 0 Å². The van der Waals surface area contributed by atoms with E-state index in [4.69, 9.17) is 0 Å². The third-order valence-corrected chi connectivity index (χ3v) is 4.63. The first-order valence-corrected chi connectivity index (χ1v) is 8.31. The van der Waals surface area contributed by atoms with Crippen LogP contribution in [0.1, 0.15) is 45.4 Å². The fourth-order valence-electron chi connectivity index (χ4n) is 3.35. The molecule has 0 aromatic carbocycles. The molecule has 0 aromatic rings. The molecule has 2 fully saturated rings. The van der Waals surface area contributed by atoms with Gasteiger partial charge in [-0.2, -0.15) is 0 Å². The van der Waals surface area contributed by atoms with E-state index in [1.807, 2.05) is 0 Å². The average Bonchev–Trinajstić information content (AvgIpc) is 3.19. The molecule has 3 heteroatoms. The van der Waals surface area contributed by atoms with Crippen LogP contribution >= 0.6 is 0 Å². The molecule has 2 aliphatic rings. The summed E-state index contributed by atoms with van der Waals surface area (Å²) in [5.74, 6) is 0.921. The Bertz CT molecular complexity index is 242. The Morgan fingerprint density at radius 1 is 1.16 bits per heavy atom. The number of nitrogens with one attached hydrogen (secondary N) is 1. The van der Waals surface area contributed by atoms with Crippen molar-refractivity contribution in [2.45, 2.75) is 57.5 Å². The molecule has 3 nitrogen and oxygen atoms in total. The molecule has 1 saturated heterocycles.